The van der Waals surface area contributed by atoms with Gasteiger partial charge in [-0.3, -0.25) is 0 Å². The van der Waals surface area contributed by atoms with Gasteiger partial charge in [-0.15, -0.1) is 0 Å². The van der Waals surface area contributed by atoms with Crippen LogP contribution in [0.1, 0.15) is 11.1 Å². The van der Waals surface area contributed by atoms with E-state index in [-0.39, 0.29) is 12.3 Å². The van der Waals surface area contributed by atoms with E-state index >= 15 is 0 Å². The topological polar surface area (TPSA) is 64.6 Å². The first-order valence-corrected chi connectivity index (χ1v) is 9.40. The highest BCUT2D eigenvalue weighted by Crippen LogP contribution is 2.24. The van der Waals surface area contributed by atoms with Crippen LogP contribution < -0.4 is 14.2 Å². The van der Waals surface area contributed by atoms with Crippen molar-refractivity contribution in [3.63, 3.8) is 0 Å². The molecule has 0 fully saturated rings. The van der Waals surface area contributed by atoms with Crippen molar-refractivity contribution in [2.45, 2.75) is 12.2 Å². The molecule has 2 rings (SSSR count). The summed E-state index contributed by atoms with van der Waals surface area (Å²) < 4.78 is 37.4. The van der Waals surface area contributed by atoms with Crippen molar-refractivity contribution in [3.05, 3.63) is 58.6 Å². The summed E-state index contributed by atoms with van der Waals surface area (Å²) in [6, 6.07) is 12.4. The molecule has 0 atom stereocenters. The summed E-state index contributed by atoms with van der Waals surface area (Å²) in [6.45, 7) is 0.273. The highest BCUT2D eigenvalue weighted by molar-refractivity contribution is 7.88. The molecular weight excluding hydrogens is 350 g/mol. The third kappa shape index (κ3) is 5.12. The lowest BCUT2D eigenvalue weighted by Crippen LogP contribution is -2.27. The van der Waals surface area contributed by atoms with E-state index in [1.54, 1.807) is 44.6 Å². The zero-order valence-electron chi connectivity index (χ0n) is 13.6. The molecule has 24 heavy (non-hydrogen) atoms. The predicted octanol–water partition coefficient (Wildman–Crippen LogP) is 3.02. The van der Waals surface area contributed by atoms with Gasteiger partial charge in [-0.1, -0.05) is 35.9 Å². The Morgan fingerprint density at radius 2 is 1.79 bits per heavy atom. The first kappa shape index (κ1) is 18.6. The summed E-state index contributed by atoms with van der Waals surface area (Å²) in [6.07, 6.45) is 0.509. The maximum absolute atomic E-state index is 12.2. The maximum Gasteiger partial charge on any atom is 0.215 e. The number of halogens is 1. The first-order valence-electron chi connectivity index (χ1n) is 7.37. The Labute approximate surface area is 147 Å². The van der Waals surface area contributed by atoms with E-state index in [9.17, 15) is 8.42 Å². The van der Waals surface area contributed by atoms with E-state index in [0.29, 0.717) is 28.5 Å². The summed E-state index contributed by atoms with van der Waals surface area (Å²) in [7, 11) is -0.310. The van der Waals surface area contributed by atoms with Crippen LogP contribution in [-0.2, 0) is 22.2 Å². The Kier molecular flexibility index (Phi) is 6.48. The lowest BCUT2D eigenvalue weighted by Gasteiger charge is -2.11. The normalized spacial score (nSPS) is 11.3. The van der Waals surface area contributed by atoms with Gasteiger partial charge in [0.25, 0.3) is 0 Å². The lowest BCUT2D eigenvalue weighted by molar-refractivity contribution is 0.391. The van der Waals surface area contributed by atoms with Crippen LogP contribution in [0.4, 0.5) is 0 Å². The van der Waals surface area contributed by atoms with Gasteiger partial charge in [0, 0.05) is 17.6 Å². The van der Waals surface area contributed by atoms with Crippen LogP contribution in [0, 0.1) is 0 Å². The van der Waals surface area contributed by atoms with E-state index in [4.69, 9.17) is 21.1 Å². The molecule has 0 heterocycles. The number of sulfonamides is 1. The quantitative estimate of drug-likeness (QED) is 0.776. The minimum Gasteiger partial charge on any atom is -0.497 e. The molecule has 5 nitrogen and oxygen atoms in total. The average molecular weight is 370 g/mol. The highest BCUT2D eigenvalue weighted by atomic mass is 35.5. The van der Waals surface area contributed by atoms with E-state index < -0.39 is 10.0 Å². The molecule has 2 aromatic carbocycles. The second-order valence-electron chi connectivity index (χ2n) is 5.17. The lowest BCUT2D eigenvalue weighted by atomic mass is 10.1. The number of hydrogen-bond acceptors (Lipinski definition) is 4. The molecule has 0 radical (unpaired) electrons. The third-order valence-corrected chi connectivity index (χ3v) is 5.22. The zero-order valence-corrected chi connectivity index (χ0v) is 15.2. The standard InChI is InChI=1S/C17H20ClNO4S/c1-22-15-8-7-13(17(11-15)23-2)9-10-19-24(20,21)12-14-5-3-4-6-16(14)18/h3-8,11,19H,9-10,12H2,1-2H3. The fourth-order valence-corrected chi connectivity index (χ4v) is 3.73. The Morgan fingerprint density at radius 1 is 1.04 bits per heavy atom. The van der Waals surface area contributed by atoms with Gasteiger partial charge < -0.3 is 9.47 Å². The second-order valence-corrected chi connectivity index (χ2v) is 7.39. The van der Waals surface area contributed by atoms with Gasteiger partial charge in [-0.2, -0.15) is 0 Å². The Balaban J connectivity index is 1.97. The highest BCUT2D eigenvalue weighted by Gasteiger charge is 2.14. The number of benzene rings is 2. The van der Waals surface area contributed by atoms with E-state index in [1.165, 1.54) is 0 Å². The number of methoxy groups -OCH3 is 2. The van der Waals surface area contributed by atoms with Crippen molar-refractivity contribution in [1.29, 1.82) is 0 Å². The Hall–Kier alpha value is -1.76. The van der Waals surface area contributed by atoms with Crippen LogP contribution in [0.15, 0.2) is 42.5 Å². The van der Waals surface area contributed by atoms with E-state index in [0.717, 1.165) is 5.56 Å². The van der Waals surface area contributed by atoms with E-state index in [2.05, 4.69) is 4.72 Å². The SMILES string of the molecule is COc1ccc(CCNS(=O)(=O)Cc2ccccc2Cl)c(OC)c1. The minimum atomic E-state index is -3.46. The molecule has 0 bridgehead atoms. The molecule has 0 aromatic heterocycles. The number of rotatable bonds is 8. The number of ether oxygens (including phenoxy) is 2. The molecule has 0 saturated heterocycles. The van der Waals surface area contributed by atoms with Crippen LogP contribution in [0.2, 0.25) is 5.02 Å². The van der Waals surface area contributed by atoms with Crippen LogP contribution in [0.5, 0.6) is 11.5 Å². The molecule has 130 valence electrons. The first-order chi connectivity index (χ1) is 11.4. The average Bonchev–Trinajstić information content (AvgIpc) is 2.57. The van der Waals surface area contributed by atoms with Crippen LogP contribution >= 0.6 is 11.6 Å². The maximum atomic E-state index is 12.2. The second kappa shape index (κ2) is 8.37. The van der Waals surface area contributed by atoms with E-state index in [1.807, 2.05) is 12.1 Å². The van der Waals surface area contributed by atoms with Crippen molar-refractivity contribution < 1.29 is 17.9 Å². The minimum absolute atomic E-state index is 0.146. The summed E-state index contributed by atoms with van der Waals surface area (Å²) in [5, 5.41) is 0.444. The molecular formula is C17H20ClNO4S. The van der Waals surface area contributed by atoms with Crippen molar-refractivity contribution in [1.82, 2.24) is 4.72 Å². The number of hydrogen-bond donors (Lipinski definition) is 1. The van der Waals surface area contributed by atoms with Crippen LogP contribution in [-0.4, -0.2) is 29.2 Å². The van der Waals surface area contributed by atoms with Crippen molar-refractivity contribution in [3.8, 4) is 11.5 Å². The van der Waals surface area contributed by atoms with Crippen molar-refractivity contribution in [2.75, 3.05) is 20.8 Å². The summed E-state index contributed by atoms with van der Waals surface area (Å²) in [5.41, 5.74) is 1.48. The van der Waals surface area contributed by atoms with Crippen molar-refractivity contribution in [2.24, 2.45) is 0 Å². The molecule has 2 aromatic rings. The van der Waals surface area contributed by atoms with Gasteiger partial charge in [0.2, 0.25) is 10.0 Å². The predicted molar refractivity (Wildman–Crippen MR) is 95.3 cm³/mol. The van der Waals surface area contributed by atoms with Gasteiger partial charge in [-0.05, 0) is 29.7 Å². The zero-order chi connectivity index (χ0) is 17.6. The fourth-order valence-electron chi connectivity index (χ4n) is 2.27. The van der Waals surface area contributed by atoms with Crippen LogP contribution in [0.25, 0.3) is 0 Å². The molecule has 0 saturated carbocycles. The summed E-state index contributed by atoms with van der Waals surface area (Å²) in [4.78, 5) is 0. The van der Waals surface area contributed by atoms with Gasteiger partial charge in [0.15, 0.2) is 0 Å². The molecule has 7 heteroatoms. The Morgan fingerprint density at radius 3 is 2.46 bits per heavy atom. The molecule has 0 aliphatic rings. The Bertz CT molecular complexity index is 793. The third-order valence-electron chi connectivity index (χ3n) is 3.51. The molecule has 0 aliphatic carbocycles. The molecule has 1 N–H and O–H groups in total. The monoisotopic (exact) mass is 369 g/mol. The van der Waals surface area contributed by atoms with Gasteiger partial charge >= 0.3 is 0 Å². The van der Waals surface area contributed by atoms with Crippen molar-refractivity contribution >= 4 is 21.6 Å². The molecule has 0 aliphatic heterocycles. The smallest absolute Gasteiger partial charge is 0.215 e. The molecule has 0 spiro atoms. The van der Waals surface area contributed by atoms with Gasteiger partial charge in [0.1, 0.15) is 11.5 Å². The molecule has 0 amide bonds. The largest absolute Gasteiger partial charge is 0.497 e. The van der Waals surface area contributed by atoms with Gasteiger partial charge in [0.05, 0.1) is 20.0 Å². The van der Waals surface area contributed by atoms with Gasteiger partial charge in [-0.25, -0.2) is 13.1 Å². The fraction of sp³-hybridized carbons (Fsp3) is 0.294. The summed E-state index contributed by atoms with van der Waals surface area (Å²) in [5.74, 6) is 1.21. The summed E-state index contributed by atoms with van der Waals surface area (Å²) >= 11 is 6.01. The molecule has 0 unspecified atom stereocenters. The number of nitrogens with one attached hydrogen (secondary N) is 1. The van der Waals surface area contributed by atoms with Crippen LogP contribution in [0.3, 0.4) is 0 Å².